The Labute approximate surface area is 136 Å². The van der Waals surface area contributed by atoms with Gasteiger partial charge in [-0.05, 0) is 30.3 Å². The predicted octanol–water partition coefficient (Wildman–Crippen LogP) is 2.92. The Kier molecular flexibility index (Phi) is 4.11. The van der Waals surface area contributed by atoms with Crippen LogP contribution in [0.3, 0.4) is 0 Å². The Morgan fingerprint density at radius 3 is 2.71 bits per heavy atom. The monoisotopic (exact) mass is 327 g/mol. The van der Waals surface area contributed by atoms with Gasteiger partial charge in [0.1, 0.15) is 17.3 Å². The minimum atomic E-state index is -0.630. The zero-order chi connectivity index (χ0) is 17.1. The molecule has 3 N–H and O–H groups in total. The van der Waals surface area contributed by atoms with E-state index in [9.17, 15) is 9.18 Å². The van der Waals surface area contributed by atoms with Crippen LogP contribution in [0.25, 0.3) is 11.3 Å². The molecule has 0 spiro atoms. The number of ether oxygens (including phenoxy) is 1. The molecule has 7 nitrogen and oxygen atoms in total. The number of aromatic nitrogens is 3. The number of nitrogens with two attached hydrogens (primary N) is 1. The minimum Gasteiger partial charge on any atom is -0.435 e. The van der Waals surface area contributed by atoms with Gasteiger partial charge in [-0.25, -0.2) is 9.18 Å². The number of rotatable bonds is 4. The highest BCUT2D eigenvalue weighted by Gasteiger charge is 2.13. The number of amides is 2. The Morgan fingerprint density at radius 1 is 1.25 bits per heavy atom. The first kappa shape index (κ1) is 15.5. The lowest BCUT2D eigenvalue weighted by atomic mass is 10.1. The topological polar surface area (TPSA) is 97.1 Å². The van der Waals surface area contributed by atoms with Crippen molar-refractivity contribution in [3.05, 3.63) is 54.5 Å². The van der Waals surface area contributed by atoms with Gasteiger partial charge < -0.3 is 10.5 Å². The molecular formula is C16H14FN5O2. The SMILES string of the molecule is CN(C(N)=O)c1cccc(Oc2cn[nH]c2-c2ccc(F)cc2)n1. The summed E-state index contributed by atoms with van der Waals surface area (Å²) in [6, 6.07) is 10.2. The van der Waals surface area contributed by atoms with E-state index in [2.05, 4.69) is 15.2 Å². The number of anilines is 1. The molecule has 0 bridgehead atoms. The van der Waals surface area contributed by atoms with E-state index in [0.29, 0.717) is 22.8 Å². The zero-order valence-corrected chi connectivity index (χ0v) is 12.7. The maximum absolute atomic E-state index is 13.1. The lowest BCUT2D eigenvalue weighted by Crippen LogP contribution is -2.32. The second kappa shape index (κ2) is 6.37. The van der Waals surface area contributed by atoms with Crippen molar-refractivity contribution in [3.8, 4) is 22.9 Å². The van der Waals surface area contributed by atoms with Gasteiger partial charge in [0, 0.05) is 18.7 Å². The highest BCUT2D eigenvalue weighted by atomic mass is 19.1. The summed E-state index contributed by atoms with van der Waals surface area (Å²) in [4.78, 5) is 16.6. The fourth-order valence-corrected chi connectivity index (χ4v) is 2.05. The van der Waals surface area contributed by atoms with Crippen molar-refractivity contribution in [3.63, 3.8) is 0 Å². The van der Waals surface area contributed by atoms with Crippen LogP contribution in [0.1, 0.15) is 0 Å². The molecule has 2 heterocycles. The lowest BCUT2D eigenvalue weighted by Gasteiger charge is -2.14. The normalized spacial score (nSPS) is 10.4. The molecule has 2 amide bonds. The minimum absolute atomic E-state index is 0.269. The van der Waals surface area contributed by atoms with Gasteiger partial charge in [0.2, 0.25) is 5.88 Å². The fraction of sp³-hybridized carbons (Fsp3) is 0.0625. The molecule has 0 unspecified atom stereocenters. The van der Waals surface area contributed by atoms with E-state index >= 15 is 0 Å². The summed E-state index contributed by atoms with van der Waals surface area (Å²) in [5.41, 5.74) is 6.53. The van der Waals surface area contributed by atoms with Crippen molar-refractivity contribution in [2.24, 2.45) is 5.73 Å². The fourth-order valence-electron chi connectivity index (χ4n) is 2.05. The Hall–Kier alpha value is -3.42. The van der Waals surface area contributed by atoms with Crippen LogP contribution in [-0.2, 0) is 0 Å². The summed E-state index contributed by atoms with van der Waals surface area (Å²) in [7, 11) is 1.51. The third kappa shape index (κ3) is 3.17. The molecule has 0 radical (unpaired) electrons. The first-order valence-electron chi connectivity index (χ1n) is 7.02. The number of nitrogens with one attached hydrogen (secondary N) is 1. The number of urea groups is 1. The summed E-state index contributed by atoms with van der Waals surface area (Å²) < 4.78 is 18.8. The number of hydrogen-bond donors (Lipinski definition) is 2. The van der Waals surface area contributed by atoms with E-state index in [0.717, 1.165) is 0 Å². The third-order valence-corrected chi connectivity index (χ3v) is 3.34. The molecule has 122 valence electrons. The van der Waals surface area contributed by atoms with Gasteiger partial charge in [-0.1, -0.05) is 6.07 Å². The maximum atomic E-state index is 13.1. The highest BCUT2D eigenvalue weighted by molar-refractivity contribution is 5.88. The van der Waals surface area contributed by atoms with Gasteiger partial charge in [-0.3, -0.25) is 10.00 Å². The number of carbonyl (C=O) groups is 1. The van der Waals surface area contributed by atoms with Crippen molar-refractivity contribution in [2.45, 2.75) is 0 Å². The second-order valence-electron chi connectivity index (χ2n) is 4.95. The highest BCUT2D eigenvalue weighted by Crippen LogP contribution is 2.31. The first-order chi connectivity index (χ1) is 11.5. The Balaban J connectivity index is 1.88. The number of pyridine rings is 1. The Bertz CT molecular complexity index is 863. The van der Waals surface area contributed by atoms with Gasteiger partial charge in [0.25, 0.3) is 0 Å². The van der Waals surface area contributed by atoms with Crippen LogP contribution in [0.4, 0.5) is 15.0 Å². The number of primary amides is 1. The van der Waals surface area contributed by atoms with Gasteiger partial charge in [-0.2, -0.15) is 10.1 Å². The number of aromatic amines is 1. The third-order valence-electron chi connectivity index (χ3n) is 3.34. The van der Waals surface area contributed by atoms with Crippen molar-refractivity contribution < 1.29 is 13.9 Å². The molecule has 1 aromatic carbocycles. The standard InChI is InChI=1S/C16H14FN5O2/c1-22(16(18)23)13-3-2-4-14(20-13)24-12-9-19-21-15(12)10-5-7-11(17)8-6-10/h2-9H,1H3,(H2,18,23)(H,19,21). The van der Waals surface area contributed by atoms with Crippen LogP contribution < -0.4 is 15.4 Å². The lowest BCUT2D eigenvalue weighted by molar-refractivity contribution is 0.255. The zero-order valence-electron chi connectivity index (χ0n) is 12.7. The van der Waals surface area contributed by atoms with Crippen molar-refractivity contribution in [2.75, 3.05) is 11.9 Å². The molecule has 0 aliphatic rings. The van der Waals surface area contributed by atoms with Crippen molar-refractivity contribution in [1.29, 1.82) is 0 Å². The maximum Gasteiger partial charge on any atom is 0.320 e. The molecule has 2 aromatic heterocycles. The molecular weight excluding hydrogens is 313 g/mol. The van der Waals surface area contributed by atoms with Crippen LogP contribution >= 0.6 is 0 Å². The quantitative estimate of drug-likeness (QED) is 0.770. The van der Waals surface area contributed by atoms with Crippen LogP contribution in [-0.4, -0.2) is 28.3 Å². The molecule has 8 heteroatoms. The molecule has 0 saturated heterocycles. The van der Waals surface area contributed by atoms with Crippen LogP contribution in [0.15, 0.2) is 48.7 Å². The molecule has 0 aliphatic carbocycles. The van der Waals surface area contributed by atoms with Gasteiger partial charge in [-0.15, -0.1) is 0 Å². The summed E-state index contributed by atoms with van der Waals surface area (Å²) in [5, 5.41) is 6.75. The van der Waals surface area contributed by atoms with E-state index in [4.69, 9.17) is 10.5 Å². The molecule has 0 aliphatic heterocycles. The van der Waals surface area contributed by atoms with Gasteiger partial charge in [0.05, 0.1) is 6.20 Å². The summed E-state index contributed by atoms with van der Waals surface area (Å²) in [5.74, 6) is 0.717. The number of benzene rings is 1. The Morgan fingerprint density at radius 2 is 2.00 bits per heavy atom. The largest absolute Gasteiger partial charge is 0.435 e. The average molecular weight is 327 g/mol. The van der Waals surface area contributed by atoms with Crippen LogP contribution in [0.2, 0.25) is 0 Å². The molecule has 0 fully saturated rings. The number of halogens is 1. The molecule has 24 heavy (non-hydrogen) atoms. The van der Waals surface area contributed by atoms with Crippen molar-refractivity contribution >= 4 is 11.8 Å². The number of H-pyrrole nitrogens is 1. The van der Waals surface area contributed by atoms with E-state index in [1.807, 2.05) is 0 Å². The second-order valence-corrected chi connectivity index (χ2v) is 4.95. The number of nitrogens with zero attached hydrogens (tertiary/aromatic N) is 3. The van der Waals surface area contributed by atoms with E-state index in [-0.39, 0.29) is 11.7 Å². The number of hydrogen-bond acceptors (Lipinski definition) is 4. The number of carbonyl (C=O) groups excluding carboxylic acids is 1. The summed E-state index contributed by atoms with van der Waals surface area (Å²) in [6.45, 7) is 0. The van der Waals surface area contributed by atoms with E-state index in [1.165, 1.54) is 30.3 Å². The average Bonchev–Trinajstić information content (AvgIpc) is 3.03. The van der Waals surface area contributed by atoms with E-state index < -0.39 is 6.03 Å². The van der Waals surface area contributed by atoms with E-state index in [1.54, 1.807) is 30.3 Å². The van der Waals surface area contributed by atoms with Gasteiger partial charge in [0.15, 0.2) is 5.75 Å². The molecule has 3 rings (SSSR count). The summed E-state index contributed by atoms with van der Waals surface area (Å²) >= 11 is 0. The first-order valence-corrected chi connectivity index (χ1v) is 7.02. The smallest absolute Gasteiger partial charge is 0.320 e. The molecule has 0 saturated carbocycles. The van der Waals surface area contributed by atoms with Gasteiger partial charge >= 0.3 is 6.03 Å². The van der Waals surface area contributed by atoms with Crippen molar-refractivity contribution in [1.82, 2.24) is 15.2 Å². The van der Waals surface area contributed by atoms with Crippen LogP contribution in [0.5, 0.6) is 11.6 Å². The van der Waals surface area contributed by atoms with Crippen LogP contribution in [0, 0.1) is 5.82 Å². The summed E-state index contributed by atoms with van der Waals surface area (Å²) in [6.07, 6.45) is 1.49. The molecule has 3 aromatic rings. The molecule has 0 atom stereocenters. The predicted molar refractivity (Wildman–Crippen MR) is 86.3 cm³/mol.